The van der Waals surface area contributed by atoms with Crippen molar-refractivity contribution in [3.63, 3.8) is 0 Å². The molecule has 0 nitrogen and oxygen atoms in total. The molecule has 5 aromatic rings. The highest BCUT2D eigenvalue weighted by molar-refractivity contribution is 7.28. The van der Waals surface area contributed by atoms with Crippen molar-refractivity contribution in [2.45, 2.75) is 77.8 Å². The van der Waals surface area contributed by atoms with E-state index in [1.54, 1.807) is 0 Å². The maximum absolute atomic E-state index is 3.96. The van der Waals surface area contributed by atoms with E-state index in [0.29, 0.717) is 0 Å². The average molecular weight is 567 g/mol. The first-order valence-corrected chi connectivity index (χ1v) is 21.2. The van der Waals surface area contributed by atoms with Gasteiger partial charge in [0.25, 0.3) is 0 Å². The lowest BCUT2D eigenvalue weighted by Crippen LogP contribution is -2.29. The molecule has 0 aliphatic heterocycles. The number of rotatable bonds is 6. The van der Waals surface area contributed by atoms with Gasteiger partial charge in [0.15, 0.2) is 0 Å². The molecule has 5 rings (SSSR count). The largest absolute Gasteiger partial charge is 0.138 e. The smallest absolute Gasteiger partial charge is 0.134 e. The summed E-state index contributed by atoms with van der Waals surface area (Å²) in [4.78, 5) is 0. The van der Waals surface area contributed by atoms with Crippen LogP contribution in [-0.4, -0.2) is 16.1 Å². The van der Waals surface area contributed by atoms with E-state index in [2.05, 4.69) is 113 Å². The molecule has 0 saturated carbocycles. The van der Waals surface area contributed by atoms with Crippen LogP contribution in [0.5, 0.6) is 0 Å². The van der Waals surface area contributed by atoms with E-state index in [9.17, 15) is 0 Å². The fourth-order valence-corrected chi connectivity index (χ4v) is 13.1. The molecular weight excluding hydrogens is 529 g/mol. The van der Waals surface area contributed by atoms with Gasteiger partial charge in [-0.25, -0.2) is 0 Å². The number of benzene rings is 3. The Labute approximate surface area is 238 Å². The normalized spacial score (nSPS) is 12.2. The standard InChI is InChI=1S/C34H38S2Si2/c1-7-37(8-2,9-3)23-21-27-31-25-17-13-15-19-29(25)36-34(31)28(22-24-38(10-4,11-5)12-6)32-26-18-14-16-20-30(26)35-33(27)32/h13-20H,7-12H2,1-6H3. The summed E-state index contributed by atoms with van der Waals surface area (Å²) in [6.07, 6.45) is 0. The van der Waals surface area contributed by atoms with Gasteiger partial charge in [-0.1, -0.05) is 89.8 Å². The van der Waals surface area contributed by atoms with Crippen molar-refractivity contribution in [2.24, 2.45) is 0 Å². The van der Waals surface area contributed by atoms with Crippen LogP contribution in [0.25, 0.3) is 40.3 Å². The Morgan fingerprint density at radius 1 is 0.526 bits per heavy atom. The predicted octanol–water partition coefficient (Wildman–Crippen LogP) is 11.2. The second-order valence-electron chi connectivity index (χ2n) is 10.5. The van der Waals surface area contributed by atoms with Crippen molar-refractivity contribution in [1.82, 2.24) is 0 Å². The highest BCUT2D eigenvalue weighted by Crippen LogP contribution is 2.47. The third-order valence-corrected chi connectivity index (χ3v) is 20.9. The minimum absolute atomic E-state index is 1.22. The molecule has 0 atom stereocenters. The third-order valence-electron chi connectivity index (χ3n) is 9.11. The zero-order chi connectivity index (χ0) is 26.9. The Balaban J connectivity index is 1.99. The summed E-state index contributed by atoms with van der Waals surface area (Å²) in [7, 11) is -3.21. The molecule has 0 aliphatic rings. The van der Waals surface area contributed by atoms with Crippen LogP contribution in [0.1, 0.15) is 52.7 Å². The molecule has 0 radical (unpaired) electrons. The Hall–Kier alpha value is -2.35. The first kappa shape index (κ1) is 27.2. The van der Waals surface area contributed by atoms with Crippen LogP contribution in [0.4, 0.5) is 0 Å². The van der Waals surface area contributed by atoms with Gasteiger partial charge in [0.2, 0.25) is 0 Å². The van der Waals surface area contributed by atoms with E-state index < -0.39 is 16.1 Å². The van der Waals surface area contributed by atoms with Gasteiger partial charge < -0.3 is 0 Å². The van der Waals surface area contributed by atoms with E-state index in [0.717, 1.165) is 0 Å². The molecule has 0 fully saturated rings. The van der Waals surface area contributed by atoms with Crippen LogP contribution in [0, 0.1) is 22.9 Å². The SMILES string of the molecule is CC[Si](C#Cc1c2sc3ccccc3c2c(C#C[Si](CC)(CC)CC)c2sc3ccccc3c12)(CC)CC. The zero-order valence-corrected chi connectivity index (χ0v) is 27.3. The van der Waals surface area contributed by atoms with Crippen LogP contribution in [0.15, 0.2) is 48.5 Å². The Morgan fingerprint density at radius 3 is 1.21 bits per heavy atom. The van der Waals surface area contributed by atoms with Crippen LogP contribution in [-0.2, 0) is 0 Å². The molecule has 0 amide bonds. The summed E-state index contributed by atoms with van der Waals surface area (Å²) in [6.45, 7) is 14.1. The zero-order valence-electron chi connectivity index (χ0n) is 23.7. The van der Waals surface area contributed by atoms with E-state index >= 15 is 0 Å². The molecule has 38 heavy (non-hydrogen) atoms. The summed E-state index contributed by atoms with van der Waals surface area (Å²) in [5.74, 6) is 7.77. The Morgan fingerprint density at radius 2 is 0.868 bits per heavy atom. The maximum atomic E-state index is 3.96. The summed E-state index contributed by atoms with van der Waals surface area (Å²) >= 11 is 3.83. The van der Waals surface area contributed by atoms with Crippen molar-refractivity contribution < 1.29 is 0 Å². The van der Waals surface area contributed by atoms with Crippen LogP contribution in [0.2, 0.25) is 36.3 Å². The van der Waals surface area contributed by atoms with E-state index in [1.807, 2.05) is 22.7 Å². The quantitative estimate of drug-likeness (QED) is 0.142. The average Bonchev–Trinajstić information content (AvgIpc) is 3.55. The van der Waals surface area contributed by atoms with Gasteiger partial charge in [-0.2, -0.15) is 0 Å². The van der Waals surface area contributed by atoms with Crippen molar-refractivity contribution in [3.05, 3.63) is 59.7 Å². The summed E-state index contributed by atoms with van der Waals surface area (Å²) in [5, 5.41) is 5.34. The summed E-state index contributed by atoms with van der Waals surface area (Å²) in [5.41, 5.74) is 10.4. The van der Waals surface area contributed by atoms with E-state index in [4.69, 9.17) is 0 Å². The van der Waals surface area contributed by atoms with Crippen LogP contribution >= 0.6 is 22.7 Å². The van der Waals surface area contributed by atoms with Crippen molar-refractivity contribution in [3.8, 4) is 22.9 Å². The molecule has 2 aromatic heterocycles. The molecule has 3 aromatic carbocycles. The lowest BCUT2D eigenvalue weighted by molar-refractivity contribution is 1.20. The molecule has 2 heterocycles. The van der Waals surface area contributed by atoms with E-state index in [-0.39, 0.29) is 0 Å². The van der Waals surface area contributed by atoms with Crippen molar-refractivity contribution in [2.75, 3.05) is 0 Å². The second-order valence-corrected chi connectivity index (χ2v) is 22.5. The second kappa shape index (κ2) is 11.0. The molecule has 0 unspecified atom stereocenters. The number of fused-ring (bicyclic) bond motifs is 6. The third kappa shape index (κ3) is 4.46. The number of hydrogen-bond donors (Lipinski definition) is 0. The van der Waals surface area contributed by atoms with Gasteiger partial charge in [-0.15, -0.1) is 33.8 Å². The minimum Gasteiger partial charge on any atom is -0.134 e. The monoisotopic (exact) mass is 566 g/mol. The Bertz CT molecular complexity index is 1610. The van der Waals surface area contributed by atoms with Crippen LogP contribution < -0.4 is 0 Å². The first-order chi connectivity index (χ1) is 18.5. The van der Waals surface area contributed by atoms with Gasteiger partial charge in [0.05, 0.1) is 20.5 Å². The highest BCUT2D eigenvalue weighted by Gasteiger charge is 2.27. The first-order valence-electron chi connectivity index (χ1n) is 14.3. The molecule has 0 N–H and O–H groups in total. The molecular formula is C34H38S2Si2. The minimum atomic E-state index is -1.60. The number of hydrogen-bond acceptors (Lipinski definition) is 2. The van der Waals surface area contributed by atoms with Gasteiger partial charge in [0, 0.05) is 30.9 Å². The lowest BCUT2D eigenvalue weighted by atomic mass is 9.98. The molecule has 0 bridgehead atoms. The van der Waals surface area contributed by atoms with Gasteiger partial charge in [-0.05, 0) is 48.4 Å². The summed E-state index contributed by atoms with van der Waals surface area (Å²) < 4.78 is 5.35. The van der Waals surface area contributed by atoms with Gasteiger partial charge >= 0.3 is 0 Å². The van der Waals surface area contributed by atoms with Crippen LogP contribution in [0.3, 0.4) is 0 Å². The van der Waals surface area contributed by atoms with Crippen molar-refractivity contribution >= 4 is 79.2 Å². The molecule has 0 spiro atoms. The molecule has 194 valence electrons. The molecule has 0 aliphatic carbocycles. The maximum Gasteiger partial charge on any atom is 0.138 e. The topological polar surface area (TPSA) is 0 Å². The molecule has 4 heteroatoms. The fourth-order valence-electron chi connectivity index (χ4n) is 5.83. The number of thiophene rings is 2. The van der Waals surface area contributed by atoms with Gasteiger partial charge in [-0.3, -0.25) is 0 Å². The Kier molecular flexibility index (Phi) is 7.90. The summed E-state index contributed by atoms with van der Waals surface area (Å²) in [6, 6.07) is 25.1. The predicted molar refractivity (Wildman–Crippen MR) is 180 cm³/mol. The van der Waals surface area contributed by atoms with Crippen molar-refractivity contribution in [1.29, 1.82) is 0 Å². The lowest BCUT2D eigenvalue weighted by Gasteiger charge is -2.20. The molecule has 0 saturated heterocycles. The van der Waals surface area contributed by atoms with Gasteiger partial charge in [0.1, 0.15) is 16.1 Å². The highest BCUT2D eigenvalue weighted by atomic mass is 32.1. The fraction of sp³-hybridized carbons (Fsp3) is 0.353. The van der Waals surface area contributed by atoms with E-state index in [1.165, 1.54) is 87.7 Å².